The Morgan fingerprint density at radius 2 is 2.22 bits per heavy atom. The van der Waals surface area contributed by atoms with E-state index < -0.39 is 20.7 Å². The van der Waals surface area contributed by atoms with Gasteiger partial charge in [0.2, 0.25) is 10.0 Å². The fourth-order valence-electron chi connectivity index (χ4n) is 1.88. The predicted octanol–water partition coefficient (Wildman–Crippen LogP) is 0.864. The summed E-state index contributed by atoms with van der Waals surface area (Å²) in [5, 5.41) is 0. The number of rotatable bonds is 3. The van der Waals surface area contributed by atoms with Gasteiger partial charge in [-0.05, 0) is 31.5 Å². The minimum absolute atomic E-state index is 0.184. The van der Waals surface area contributed by atoms with Crippen molar-refractivity contribution in [3.63, 3.8) is 0 Å². The summed E-state index contributed by atoms with van der Waals surface area (Å²) in [7, 11) is -3.88. The first-order valence-electron chi connectivity index (χ1n) is 5.59. The molecule has 1 aliphatic rings. The molecule has 1 fully saturated rings. The second-order valence-corrected chi connectivity index (χ2v) is 5.96. The summed E-state index contributed by atoms with van der Waals surface area (Å²) >= 11 is 0. The average molecular weight is 274 g/mol. The van der Waals surface area contributed by atoms with E-state index in [0.29, 0.717) is 13.0 Å². The average Bonchev–Trinajstić information content (AvgIpc) is 2.63. The molecule has 3 N–H and O–H groups in total. The zero-order valence-electron chi connectivity index (χ0n) is 9.89. The molecule has 1 saturated heterocycles. The Balaban J connectivity index is 2.25. The zero-order valence-corrected chi connectivity index (χ0v) is 10.7. The van der Waals surface area contributed by atoms with Gasteiger partial charge in [0.15, 0.2) is 0 Å². The van der Waals surface area contributed by atoms with Crippen molar-refractivity contribution < 1.29 is 17.5 Å². The van der Waals surface area contributed by atoms with Gasteiger partial charge in [0.05, 0.1) is 12.1 Å². The van der Waals surface area contributed by atoms with Crippen LogP contribution in [0.2, 0.25) is 0 Å². The fraction of sp³-hybridized carbons (Fsp3) is 0.455. The van der Waals surface area contributed by atoms with E-state index in [1.54, 1.807) is 6.92 Å². The van der Waals surface area contributed by atoms with Crippen LogP contribution in [-0.2, 0) is 14.8 Å². The van der Waals surface area contributed by atoms with Crippen LogP contribution in [0.4, 0.5) is 10.1 Å². The van der Waals surface area contributed by atoms with Gasteiger partial charge >= 0.3 is 0 Å². The molecule has 0 saturated carbocycles. The molecule has 0 amide bonds. The van der Waals surface area contributed by atoms with Gasteiger partial charge in [0, 0.05) is 12.3 Å². The Hall–Kier alpha value is -1.18. The van der Waals surface area contributed by atoms with E-state index in [-0.39, 0.29) is 17.8 Å². The molecule has 1 aromatic carbocycles. The number of sulfonamides is 1. The lowest BCUT2D eigenvalue weighted by Gasteiger charge is -2.16. The Morgan fingerprint density at radius 3 is 2.78 bits per heavy atom. The van der Waals surface area contributed by atoms with Crippen molar-refractivity contribution in [3.8, 4) is 0 Å². The largest absolute Gasteiger partial charge is 0.399 e. The van der Waals surface area contributed by atoms with Crippen LogP contribution in [0, 0.1) is 5.82 Å². The highest BCUT2D eigenvalue weighted by Crippen LogP contribution is 2.20. The molecule has 0 bridgehead atoms. The van der Waals surface area contributed by atoms with E-state index in [1.807, 2.05) is 0 Å². The second-order valence-electron chi connectivity index (χ2n) is 4.28. The van der Waals surface area contributed by atoms with Crippen molar-refractivity contribution in [1.82, 2.24) is 4.72 Å². The number of hydrogen-bond donors (Lipinski definition) is 2. The molecule has 0 radical (unpaired) electrons. The summed E-state index contributed by atoms with van der Waals surface area (Å²) < 4.78 is 45.3. The van der Waals surface area contributed by atoms with Gasteiger partial charge in [-0.15, -0.1) is 0 Å². The van der Waals surface area contributed by atoms with Crippen LogP contribution in [0.15, 0.2) is 23.1 Å². The lowest BCUT2D eigenvalue weighted by atomic mass is 10.2. The van der Waals surface area contributed by atoms with Crippen molar-refractivity contribution in [2.24, 2.45) is 0 Å². The maximum Gasteiger partial charge on any atom is 0.243 e. The van der Waals surface area contributed by atoms with Crippen molar-refractivity contribution in [2.75, 3.05) is 12.3 Å². The van der Waals surface area contributed by atoms with Crippen LogP contribution < -0.4 is 10.5 Å². The monoisotopic (exact) mass is 274 g/mol. The molecular weight excluding hydrogens is 259 g/mol. The van der Waals surface area contributed by atoms with Crippen molar-refractivity contribution >= 4 is 15.7 Å². The van der Waals surface area contributed by atoms with Crippen molar-refractivity contribution in [2.45, 2.75) is 30.4 Å². The van der Waals surface area contributed by atoms with E-state index in [4.69, 9.17) is 10.5 Å². The summed E-state index contributed by atoms with van der Waals surface area (Å²) in [6.45, 7) is 2.28. The number of hydrogen-bond acceptors (Lipinski definition) is 4. The topological polar surface area (TPSA) is 81.4 Å². The van der Waals surface area contributed by atoms with Gasteiger partial charge in [0.25, 0.3) is 0 Å². The molecule has 1 aromatic rings. The van der Waals surface area contributed by atoms with E-state index in [9.17, 15) is 12.8 Å². The molecule has 2 rings (SSSR count). The Labute approximate surface area is 105 Å². The molecule has 2 atom stereocenters. The first-order valence-corrected chi connectivity index (χ1v) is 7.07. The fourth-order valence-corrected chi connectivity index (χ4v) is 3.28. The van der Waals surface area contributed by atoms with Crippen LogP contribution >= 0.6 is 0 Å². The van der Waals surface area contributed by atoms with Gasteiger partial charge in [-0.3, -0.25) is 0 Å². The minimum atomic E-state index is -3.88. The van der Waals surface area contributed by atoms with Crippen LogP contribution in [0.25, 0.3) is 0 Å². The summed E-state index contributed by atoms with van der Waals surface area (Å²) in [5.41, 5.74) is 5.57. The van der Waals surface area contributed by atoms with E-state index in [1.165, 1.54) is 6.07 Å². The third kappa shape index (κ3) is 2.63. The van der Waals surface area contributed by atoms with Crippen LogP contribution in [0.3, 0.4) is 0 Å². The van der Waals surface area contributed by atoms with Gasteiger partial charge in [-0.1, -0.05) is 0 Å². The van der Waals surface area contributed by atoms with Gasteiger partial charge in [-0.25, -0.2) is 17.5 Å². The second kappa shape index (κ2) is 4.83. The number of nitrogens with one attached hydrogen (secondary N) is 1. The molecule has 0 aromatic heterocycles. The van der Waals surface area contributed by atoms with Crippen LogP contribution in [0.1, 0.15) is 13.3 Å². The number of nitrogen functional groups attached to an aromatic ring is 1. The van der Waals surface area contributed by atoms with Gasteiger partial charge in [-0.2, -0.15) is 0 Å². The molecule has 2 unspecified atom stereocenters. The highest BCUT2D eigenvalue weighted by atomic mass is 32.2. The number of ether oxygens (including phenoxy) is 1. The number of halogens is 1. The summed E-state index contributed by atoms with van der Waals surface area (Å²) in [6.07, 6.45) is 0.369. The summed E-state index contributed by atoms with van der Waals surface area (Å²) in [5.74, 6) is -0.853. The maximum absolute atomic E-state index is 13.6. The Kier molecular flexibility index (Phi) is 3.56. The third-order valence-electron chi connectivity index (χ3n) is 2.93. The Bertz CT molecular complexity index is 547. The minimum Gasteiger partial charge on any atom is -0.399 e. The smallest absolute Gasteiger partial charge is 0.243 e. The van der Waals surface area contributed by atoms with Crippen LogP contribution in [-0.4, -0.2) is 27.2 Å². The lowest BCUT2D eigenvalue weighted by Crippen LogP contribution is -2.39. The van der Waals surface area contributed by atoms with Gasteiger partial charge in [0.1, 0.15) is 10.7 Å². The predicted molar refractivity (Wildman–Crippen MR) is 65.0 cm³/mol. The normalized spacial score (nSPS) is 24.3. The molecule has 100 valence electrons. The highest BCUT2D eigenvalue weighted by molar-refractivity contribution is 7.89. The number of anilines is 1. The molecule has 0 spiro atoms. The molecule has 1 heterocycles. The first-order chi connectivity index (χ1) is 8.40. The first kappa shape index (κ1) is 13.3. The molecule has 0 aliphatic carbocycles. The summed E-state index contributed by atoms with van der Waals surface area (Å²) in [4.78, 5) is -0.393. The molecule has 7 heteroatoms. The van der Waals surface area contributed by atoms with Crippen molar-refractivity contribution in [1.29, 1.82) is 0 Å². The van der Waals surface area contributed by atoms with E-state index in [0.717, 1.165) is 12.1 Å². The van der Waals surface area contributed by atoms with E-state index in [2.05, 4.69) is 4.72 Å². The molecule has 18 heavy (non-hydrogen) atoms. The van der Waals surface area contributed by atoms with Gasteiger partial charge < -0.3 is 10.5 Å². The standard InChI is InChI=1S/C11H15FN2O3S/c1-7-10(4-5-17-7)14-18(15,16)11-3-2-8(13)6-9(11)12/h2-3,6-7,10,14H,4-5,13H2,1H3. The lowest BCUT2D eigenvalue weighted by molar-refractivity contribution is 0.117. The Morgan fingerprint density at radius 1 is 1.50 bits per heavy atom. The molecule has 5 nitrogen and oxygen atoms in total. The SMILES string of the molecule is CC1OCCC1NS(=O)(=O)c1ccc(N)cc1F. The maximum atomic E-state index is 13.6. The molecular formula is C11H15FN2O3S. The van der Waals surface area contributed by atoms with Crippen LogP contribution in [0.5, 0.6) is 0 Å². The quantitative estimate of drug-likeness (QED) is 0.801. The number of benzene rings is 1. The van der Waals surface area contributed by atoms with Crippen molar-refractivity contribution in [3.05, 3.63) is 24.0 Å². The van der Waals surface area contributed by atoms with E-state index >= 15 is 0 Å². The molecule has 1 aliphatic heterocycles. The zero-order chi connectivity index (χ0) is 13.3. The number of nitrogens with two attached hydrogens (primary N) is 1. The third-order valence-corrected chi connectivity index (χ3v) is 4.45. The highest BCUT2D eigenvalue weighted by Gasteiger charge is 2.30. The summed E-state index contributed by atoms with van der Waals surface area (Å²) in [6, 6.07) is 3.18.